The van der Waals surface area contributed by atoms with Gasteiger partial charge < -0.3 is 15.2 Å². The van der Waals surface area contributed by atoms with Gasteiger partial charge in [0.05, 0.1) is 18.8 Å². The van der Waals surface area contributed by atoms with Crippen LogP contribution in [0.2, 0.25) is 0 Å². The van der Waals surface area contributed by atoms with Gasteiger partial charge >= 0.3 is 0 Å². The fraction of sp³-hybridized carbons (Fsp3) is 0.500. The lowest BCUT2D eigenvalue weighted by atomic mass is 9.68. The van der Waals surface area contributed by atoms with Crippen molar-refractivity contribution in [1.82, 2.24) is 0 Å². The molecule has 0 amide bonds. The number of hydrogen-bond acceptors (Lipinski definition) is 3. The third-order valence-corrected chi connectivity index (χ3v) is 4.12. The van der Waals surface area contributed by atoms with Crippen LogP contribution in [-0.4, -0.2) is 19.0 Å². The van der Waals surface area contributed by atoms with Crippen molar-refractivity contribution in [2.24, 2.45) is 5.73 Å². The van der Waals surface area contributed by atoms with E-state index in [4.69, 9.17) is 15.2 Å². The Morgan fingerprint density at radius 2 is 1.62 bits per heavy atom. The SMILES string of the molecule is NC1(c2ccc(I)cc2)CC2(C1)OCCO2. The van der Waals surface area contributed by atoms with E-state index in [1.54, 1.807) is 0 Å². The Balaban J connectivity index is 1.79. The van der Waals surface area contributed by atoms with Crippen LogP contribution in [0.5, 0.6) is 0 Å². The molecule has 1 saturated carbocycles. The Kier molecular flexibility index (Phi) is 2.51. The van der Waals surface area contributed by atoms with Crippen LogP contribution in [-0.2, 0) is 15.0 Å². The van der Waals surface area contributed by atoms with Crippen molar-refractivity contribution in [1.29, 1.82) is 0 Å². The van der Waals surface area contributed by atoms with Gasteiger partial charge in [-0.05, 0) is 40.3 Å². The second-order valence-electron chi connectivity index (χ2n) is 4.62. The smallest absolute Gasteiger partial charge is 0.172 e. The van der Waals surface area contributed by atoms with Gasteiger partial charge in [0.1, 0.15) is 0 Å². The summed E-state index contributed by atoms with van der Waals surface area (Å²) in [7, 11) is 0. The van der Waals surface area contributed by atoms with E-state index in [0.717, 1.165) is 12.8 Å². The van der Waals surface area contributed by atoms with E-state index in [-0.39, 0.29) is 11.3 Å². The predicted octanol–water partition coefficient (Wildman–Crippen LogP) is 1.98. The Morgan fingerprint density at radius 3 is 2.19 bits per heavy atom. The van der Waals surface area contributed by atoms with E-state index in [2.05, 4.69) is 46.9 Å². The molecule has 4 heteroatoms. The Labute approximate surface area is 108 Å². The van der Waals surface area contributed by atoms with Gasteiger partial charge in [0, 0.05) is 16.4 Å². The van der Waals surface area contributed by atoms with Gasteiger partial charge in [-0.25, -0.2) is 0 Å². The molecule has 1 aromatic rings. The number of nitrogens with two attached hydrogens (primary N) is 1. The molecule has 0 radical (unpaired) electrons. The maximum Gasteiger partial charge on any atom is 0.172 e. The van der Waals surface area contributed by atoms with Crippen LogP contribution in [0, 0.1) is 3.57 Å². The first-order valence-corrected chi connectivity index (χ1v) is 6.53. The molecular weight excluding hydrogens is 317 g/mol. The van der Waals surface area contributed by atoms with Gasteiger partial charge in [-0.1, -0.05) is 12.1 Å². The molecule has 1 saturated heterocycles. The number of hydrogen-bond donors (Lipinski definition) is 1. The first-order valence-electron chi connectivity index (χ1n) is 5.45. The van der Waals surface area contributed by atoms with Gasteiger partial charge in [-0.2, -0.15) is 0 Å². The molecule has 3 rings (SSSR count). The topological polar surface area (TPSA) is 44.5 Å². The highest BCUT2D eigenvalue weighted by atomic mass is 127. The number of rotatable bonds is 1. The normalized spacial score (nSPS) is 25.6. The van der Waals surface area contributed by atoms with Gasteiger partial charge in [0.15, 0.2) is 5.79 Å². The second kappa shape index (κ2) is 3.66. The molecule has 3 nitrogen and oxygen atoms in total. The summed E-state index contributed by atoms with van der Waals surface area (Å²) in [6.07, 6.45) is 1.53. The number of halogens is 1. The van der Waals surface area contributed by atoms with Crippen molar-refractivity contribution in [3.63, 3.8) is 0 Å². The van der Waals surface area contributed by atoms with Gasteiger partial charge in [0.2, 0.25) is 0 Å². The van der Waals surface area contributed by atoms with Crippen LogP contribution < -0.4 is 5.73 Å². The minimum atomic E-state index is -0.377. The Morgan fingerprint density at radius 1 is 1.06 bits per heavy atom. The zero-order valence-corrected chi connectivity index (χ0v) is 11.1. The van der Waals surface area contributed by atoms with E-state index < -0.39 is 0 Å². The van der Waals surface area contributed by atoms with E-state index in [0.29, 0.717) is 13.2 Å². The van der Waals surface area contributed by atoms with Crippen molar-refractivity contribution in [3.05, 3.63) is 33.4 Å². The van der Waals surface area contributed by atoms with Crippen molar-refractivity contribution in [3.8, 4) is 0 Å². The molecule has 16 heavy (non-hydrogen) atoms. The highest BCUT2D eigenvalue weighted by Crippen LogP contribution is 2.50. The summed E-state index contributed by atoms with van der Waals surface area (Å²) in [5.74, 6) is -0.377. The molecule has 1 aliphatic heterocycles. The van der Waals surface area contributed by atoms with Crippen LogP contribution in [0.25, 0.3) is 0 Å². The molecule has 1 aromatic carbocycles. The van der Waals surface area contributed by atoms with Crippen molar-refractivity contribution >= 4 is 22.6 Å². The van der Waals surface area contributed by atoms with Crippen molar-refractivity contribution in [2.75, 3.05) is 13.2 Å². The largest absolute Gasteiger partial charge is 0.347 e. The average Bonchev–Trinajstić information content (AvgIpc) is 2.66. The summed E-state index contributed by atoms with van der Waals surface area (Å²) in [6, 6.07) is 8.38. The third-order valence-electron chi connectivity index (χ3n) is 3.40. The van der Waals surface area contributed by atoms with E-state index in [1.807, 2.05) is 0 Å². The van der Waals surface area contributed by atoms with Gasteiger partial charge in [-0.3, -0.25) is 0 Å². The summed E-state index contributed by atoms with van der Waals surface area (Å²) < 4.78 is 12.5. The standard InChI is InChI=1S/C12H14INO2/c13-10-3-1-9(2-4-10)11(14)7-12(8-11)15-5-6-16-12/h1-4H,5-8,14H2. The number of ether oxygens (including phenoxy) is 2. The molecule has 0 unspecified atom stereocenters. The third kappa shape index (κ3) is 1.68. The lowest BCUT2D eigenvalue weighted by Gasteiger charge is -2.50. The summed E-state index contributed by atoms with van der Waals surface area (Å²) in [6.45, 7) is 1.39. The Hall–Kier alpha value is -0.170. The number of benzene rings is 1. The molecule has 0 aromatic heterocycles. The molecule has 2 fully saturated rings. The quantitative estimate of drug-likeness (QED) is 0.801. The molecule has 86 valence electrons. The second-order valence-corrected chi connectivity index (χ2v) is 5.87. The fourth-order valence-corrected chi connectivity index (χ4v) is 2.96. The molecule has 0 bridgehead atoms. The van der Waals surface area contributed by atoms with Crippen molar-refractivity contribution in [2.45, 2.75) is 24.2 Å². The maximum atomic E-state index is 6.37. The average molecular weight is 331 g/mol. The first-order chi connectivity index (χ1) is 7.62. The van der Waals surface area contributed by atoms with Crippen molar-refractivity contribution < 1.29 is 9.47 Å². The minimum absolute atomic E-state index is 0.269. The van der Waals surface area contributed by atoms with E-state index >= 15 is 0 Å². The van der Waals surface area contributed by atoms with Crippen LogP contribution in [0.15, 0.2) is 24.3 Å². The summed E-state index contributed by atoms with van der Waals surface area (Å²) in [5, 5.41) is 0. The lowest BCUT2D eigenvalue weighted by molar-refractivity contribution is -0.239. The predicted molar refractivity (Wildman–Crippen MR) is 68.9 cm³/mol. The Bertz CT molecular complexity index is 390. The van der Waals surface area contributed by atoms with E-state index in [9.17, 15) is 0 Å². The molecular formula is C12H14INO2. The summed E-state index contributed by atoms with van der Waals surface area (Å²) in [4.78, 5) is 0. The zero-order valence-electron chi connectivity index (χ0n) is 8.91. The molecule has 0 atom stereocenters. The summed E-state index contributed by atoms with van der Waals surface area (Å²) in [5.41, 5.74) is 7.28. The molecule has 1 heterocycles. The zero-order chi connectivity index (χ0) is 11.2. The van der Waals surface area contributed by atoms with Gasteiger partial charge in [-0.15, -0.1) is 0 Å². The molecule has 1 aliphatic carbocycles. The lowest BCUT2D eigenvalue weighted by Crippen LogP contribution is -2.60. The van der Waals surface area contributed by atoms with Crippen LogP contribution in [0.1, 0.15) is 18.4 Å². The minimum Gasteiger partial charge on any atom is -0.347 e. The molecule has 2 N–H and O–H groups in total. The molecule has 2 aliphatic rings. The summed E-state index contributed by atoms with van der Waals surface area (Å²) >= 11 is 2.30. The van der Waals surface area contributed by atoms with Gasteiger partial charge in [0.25, 0.3) is 0 Å². The van der Waals surface area contributed by atoms with E-state index in [1.165, 1.54) is 9.13 Å². The first kappa shape index (κ1) is 11.0. The highest BCUT2D eigenvalue weighted by Gasteiger charge is 2.57. The monoisotopic (exact) mass is 331 g/mol. The van der Waals surface area contributed by atoms with Crippen LogP contribution >= 0.6 is 22.6 Å². The van der Waals surface area contributed by atoms with Crippen LogP contribution in [0.4, 0.5) is 0 Å². The fourth-order valence-electron chi connectivity index (χ4n) is 2.60. The molecule has 1 spiro atoms. The maximum absolute atomic E-state index is 6.37. The van der Waals surface area contributed by atoms with Crippen LogP contribution in [0.3, 0.4) is 0 Å². The highest BCUT2D eigenvalue weighted by molar-refractivity contribution is 14.1.